The van der Waals surface area contributed by atoms with E-state index < -0.39 is 0 Å². The minimum atomic E-state index is -0.338. The molecule has 0 saturated heterocycles. The normalized spacial score (nSPS) is 10.7. The quantitative estimate of drug-likeness (QED) is 0.422. The Kier molecular flexibility index (Phi) is 6.97. The summed E-state index contributed by atoms with van der Waals surface area (Å²) in [5, 5.41) is 4.01. The smallest absolute Gasteiger partial charge is 0.272 e. The summed E-state index contributed by atoms with van der Waals surface area (Å²) < 4.78 is 12.1. The van der Waals surface area contributed by atoms with Gasteiger partial charge in [-0.25, -0.2) is 5.43 Å². The van der Waals surface area contributed by atoms with E-state index in [1.165, 1.54) is 18.0 Å². The SMILES string of the molecule is COc1cc(C=NNC(=O)c2cccnc2)c(Br)cc1OCc1ccc(C)cc1. The molecule has 0 radical (unpaired) electrons. The van der Waals surface area contributed by atoms with Crippen molar-refractivity contribution in [1.29, 1.82) is 0 Å². The average Bonchev–Trinajstić information content (AvgIpc) is 2.75. The van der Waals surface area contributed by atoms with Gasteiger partial charge in [-0.05, 0) is 52.7 Å². The molecule has 2 aromatic carbocycles. The second-order valence-corrected chi connectivity index (χ2v) is 7.09. The van der Waals surface area contributed by atoms with E-state index in [9.17, 15) is 4.79 Å². The van der Waals surface area contributed by atoms with Crippen molar-refractivity contribution < 1.29 is 14.3 Å². The number of amides is 1. The lowest BCUT2D eigenvalue weighted by Crippen LogP contribution is -2.17. The molecule has 6 nitrogen and oxygen atoms in total. The molecule has 3 aromatic rings. The fourth-order valence-corrected chi connectivity index (χ4v) is 2.91. The Morgan fingerprint density at radius 2 is 2.00 bits per heavy atom. The zero-order valence-corrected chi connectivity index (χ0v) is 17.6. The minimum absolute atomic E-state index is 0.338. The van der Waals surface area contributed by atoms with Gasteiger partial charge in [0.05, 0.1) is 18.9 Å². The number of halogens is 1. The molecule has 1 aromatic heterocycles. The summed E-state index contributed by atoms with van der Waals surface area (Å²) in [7, 11) is 1.58. The van der Waals surface area contributed by atoms with Crippen molar-refractivity contribution in [3.05, 3.63) is 87.7 Å². The van der Waals surface area contributed by atoms with Crippen molar-refractivity contribution in [2.75, 3.05) is 7.11 Å². The molecule has 1 amide bonds. The first-order valence-corrected chi connectivity index (χ1v) is 9.65. The number of carbonyl (C=O) groups excluding carboxylic acids is 1. The van der Waals surface area contributed by atoms with E-state index in [1.54, 1.807) is 31.5 Å². The van der Waals surface area contributed by atoms with E-state index in [1.807, 2.05) is 37.3 Å². The van der Waals surface area contributed by atoms with Crippen LogP contribution in [0.25, 0.3) is 0 Å². The Morgan fingerprint density at radius 3 is 2.69 bits per heavy atom. The van der Waals surface area contributed by atoms with Gasteiger partial charge in [0.1, 0.15) is 6.61 Å². The molecular formula is C22H20BrN3O3. The molecule has 0 spiro atoms. The molecule has 0 atom stereocenters. The van der Waals surface area contributed by atoms with Crippen LogP contribution in [0.1, 0.15) is 27.0 Å². The highest BCUT2D eigenvalue weighted by Gasteiger charge is 2.10. The number of aryl methyl sites for hydroxylation is 1. The molecule has 29 heavy (non-hydrogen) atoms. The van der Waals surface area contributed by atoms with Gasteiger partial charge in [0, 0.05) is 22.4 Å². The summed E-state index contributed by atoms with van der Waals surface area (Å²) >= 11 is 3.51. The van der Waals surface area contributed by atoms with Gasteiger partial charge in [0.15, 0.2) is 11.5 Å². The number of ether oxygens (including phenoxy) is 2. The predicted molar refractivity (Wildman–Crippen MR) is 116 cm³/mol. The standard InChI is InChI=1S/C22H20BrN3O3/c1-15-5-7-16(8-6-15)14-29-21-11-19(23)18(10-20(21)28-2)13-25-26-22(27)17-4-3-9-24-12-17/h3-13H,14H2,1-2H3,(H,26,27). The van der Waals surface area contributed by atoms with Gasteiger partial charge >= 0.3 is 0 Å². The van der Waals surface area contributed by atoms with Crippen LogP contribution in [0.3, 0.4) is 0 Å². The van der Waals surface area contributed by atoms with E-state index in [-0.39, 0.29) is 5.91 Å². The first-order valence-electron chi connectivity index (χ1n) is 8.86. The Hall–Kier alpha value is -3.19. The Balaban J connectivity index is 1.68. The van der Waals surface area contributed by atoms with Crippen LogP contribution in [-0.4, -0.2) is 24.2 Å². The summed E-state index contributed by atoms with van der Waals surface area (Å²) in [4.78, 5) is 15.9. The second kappa shape index (κ2) is 9.84. The summed E-state index contributed by atoms with van der Waals surface area (Å²) in [5.74, 6) is 0.840. The molecule has 0 fully saturated rings. The molecule has 0 unspecified atom stereocenters. The molecule has 0 aliphatic heterocycles. The van der Waals surface area contributed by atoms with Crippen molar-refractivity contribution in [2.45, 2.75) is 13.5 Å². The van der Waals surface area contributed by atoms with Crippen molar-refractivity contribution in [3.63, 3.8) is 0 Å². The molecule has 1 N–H and O–H groups in total. The molecule has 1 heterocycles. The van der Waals surface area contributed by atoms with Crippen LogP contribution in [0.15, 0.2) is 70.5 Å². The Labute approximate surface area is 177 Å². The number of carbonyl (C=O) groups is 1. The first kappa shape index (κ1) is 20.5. The largest absolute Gasteiger partial charge is 0.493 e. The van der Waals surface area contributed by atoms with Gasteiger partial charge in [-0.15, -0.1) is 0 Å². The van der Waals surface area contributed by atoms with Gasteiger partial charge in [-0.2, -0.15) is 5.10 Å². The number of aromatic nitrogens is 1. The molecule has 3 rings (SSSR count). The summed E-state index contributed by atoms with van der Waals surface area (Å²) in [6.07, 6.45) is 4.61. The molecule has 0 aliphatic rings. The van der Waals surface area contributed by atoms with Crippen LogP contribution >= 0.6 is 15.9 Å². The number of methoxy groups -OCH3 is 1. The maximum atomic E-state index is 12.0. The van der Waals surface area contributed by atoms with E-state index in [2.05, 4.69) is 31.4 Å². The number of rotatable bonds is 7. The van der Waals surface area contributed by atoms with Crippen LogP contribution in [-0.2, 0) is 6.61 Å². The van der Waals surface area contributed by atoms with Crippen molar-refractivity contribution in [2.24, 2.45) is 5.10 Å². The number of hydrazone groups is 1. The number of benzene rings is 2. The van der Waals surface area contributed by atoms with Gasteiger partial charge in [-0.1, -0.05) is 29.8 Å². The number of hydrogen-bond acceptors (Lipinski definition) is 5. The average molecular weight is 454 g/mol. The highest BCUT2D eigenvalue weighted by Crippen LogP contribution is 2.33. The third kappa shape index (κ3) is 5.65. The predicted octanol–water partition coefficient (Wildman–Crippen LogP) is 4.50. The third-order valence-corrected chi connectivity index (χ3v) is 4.78. The lowest BCUT2D eigenvalue weighted by molar-refractivity contribution is 0.0955. The number of pyridine rings is 1. The van der Waals surface area contributed by atoms with Crippen LogP contribution in [0, 0.1) is 6.92 Å². The number of nitrogens with one attached hydrogen (secondary N) is 1. The summed E-state index contributed by atoms with van der Waals surface area (Å²) in [6, 6.07) is 15.1. The number of hydrogen-bond donors (Lipinski definition) is 1. The van der Waals surface area contributed by atoms with E-state index in [0.717, 1.165) is 15.6 Å². The molecule has 0 bridgehead atoms. The Bertz CT molecular complexity index is 1010. The van der Waals surface area contributed by atoms with Gasteiger partial charge in [-0.3, -0.25) is 9.78 Å². The van der Waals surface area contributed by atoms with E-state index in [0.29, 0.717) is 23.7 Å². The third-order valence-electron chi connectivity index (χ3n) is 4.09. The lowest BCUT2D eigenvalue weighted by Gasteiger charge is -2.13. The highest BCUT2D eigenvalue weighted by atomic mass is 79.9. The van der Waals surface area contributed by atoms with Crippen molar-refractivity contribution >= 4 is 28.1 Å². The molecule has 0 saturated carbocycles. The topological polar surface area (TPSA) is 72.8 Å². The van der Waals surface area contributed by atoms with Crippen LogP contribution in [0.5, 0.6) is 11.5 Å². The fraction of sp³-hybridized carbons (Fsp3) is 0.136. The van der Waals surface area contributed by atoms with Gasteiger partial charge < -0.3 is 9.47 Å². The molecule has 148 valence electrons. The summed E-state index contributed by atoms with van der Waals surface area (Å²) in [5.41, 5.74) is 5.91. The number of nitrogens with zero attached hydrogens (tertiary/aromatic N) is 2. The maximum absolute atomic E-state index is 12.0. The minimum Gasteiger partial charge on any atom is -0.493 e. The Morgan fingerprint density at radius 1 is 1.21 bits per heavy atom. The van der Waals surface area contributed by atoms with E-state index in [4.69, 9.17) is 9.47 Å². The highest BCUT2D eigenvalue weighted by molar-refractivity contribution is 9.10. The fourth-order valence-electron chi connectivity index (χ4n) is 2.49. The monoisotopic (exact) mass is 453 g/mol. The molecule has 7 heteroatoms. The first-order chi connectivity index (χ1) is 14.1. The summed E-state index contributed by atoms with van der Waals surface area (Å²) in [6.45, 7) is 2.47. The zero-order chi connectivity index (χ0) is 20.6. The van der Waals surface area contributed by atoms with Gasteiger partial charge in [0.25, 0.3) is 5.91 Å². The van der Waals surface area contributed by atoms with Crippen molar-refractivity contribution in [3.8, 4) is 11.5 Å². The van der Waals surface area contributed by atoms with Crippen LogP contribution in [0.4, 0.5) is 0 Å². The molecule has 0 aliphatic carbocycles. The van der Waals surface area contributed by atoms with Gasteiger partial charge in [0.2, 0.25) is 0 Å². The molecular weight excluding hydrogens is 434 g/mol. The van der Waals surface area contributed by atoms with Crippen LogP contribution < -0.4 is 14.9 Å². The lowest BCUT2D eigenvalue weighted by atomic mass is 10.2. The van der Waals surface area contributed by atoms with E-state index >= 15 is 0 Å². The van der Waals surface area contributed by atoms with Crippen molar-refractivity contribution in [1.82, 2.24) is 10.4 Å². The maximum Gasteiger partial charge on any atom is 0.272 e. The zero-order valence-electron chi connectivity index (χ0n) is 16.1. The van der Waals surface area contributed by atoms with Crippen LogP contribution in [0.2, 0.25) is 0 Å². The second-order valence-electron chi connectivity index (χ2n) is 6.24.